The Morgan fingerprint density at radius 2 is 1.88 bits per heavy atom. The van der Waals surface area contributed by atoms with Gasteiger partial charge in [0.15, 0.2) is 0 Å². The fourth-order valence-corrected chi connectivity index (χ4v) is 4.54. The molecule has 2 aromatic carbocycles. The zero-order chi connectivity index (χ0) is 17.9. The molecule has 5 nitrogen and oxygen atoms in total. The Morgan fingerprint density at radius 1 is 1.08 bits per heavy atom. The third-order valence-electron chi connectivity index (χ3n) is 4.21. The molecule has 1 aromatic heterocycles. The highest BCUT2D eigenvalue weighted by Crippen LogP contribution is 2.38. The van der Waals surface area contributed by atoms with Crippen LogP contribution in [0.3, 0.4) is 0 Å². The first-order valence-corrected chi connectivity index (χ1v) is 10.1. The van der Waals surface area contributed by atoms with Crippen molar-refractivity contribution in [3.8, 4) is 0 Å². The Kier molecular flexibility index (Phi) is 5.08. The molecular weight excluding hydrogens is 412 g/mol. The summed E-state index contributed by atoms with van der Waals surface area (Å²) in [6.45, 7) is 1.24. The van der Waals surface area contributed by atoms with E-state index >= 15 is 0 Å². The average Bonchev–Trinajstić information content (AvgIpc) is 3.23. The van der Waals surface area contributed by atoms with Gasteiger partial charge >= 0.3 is 0 Å². The van der Waals surface area contributed by atoms with Gasteiger partial charge in [-0.2, -0.15) is 0 Å². The van der Waals surface area contributed by atoms with Crippen LogP contribution in [0.5, 0.6) is 0 Å². The predicted molar refractivity (Wildman–Crippen MR) is 105 cm³/mol. The summed E-state index contributed by atoms with van der Waals surface area (Å²) in [5, 5.41) is 8.50. The number of amides is 1. The number of halogens is 1. The zero-order valence-electron chi connectivity index (χ0n) is 14.0. The van der Waals surface area contributed by atoms with E-state index in [1.807, 2.05) is 58.2 Å². The van der Waals surface area contributed by atoms with Gasteiger partial charge < -0.3 is 4.90 Å². The lowest BCUT2D eigenvalue weighted by molar-refractivity contribution is -0.128. The number of benzene rings is 2. The lowest BCUT2D eigenvalue weighted by atomic mass is 10.2. The van der Waals surface area contributed by atoms with Crippen LogP contribution in [0.4, 0.5) is 0 Å². The number of carbonyl (C=O) groups excluding carboxylic acids is 1. The van der Waals surface area contributed by atoms with Crippen LogP contribution in [-0.2, 0) is 17.9 Å². The summed E-state index contributed by atoms with van der Waals surface area (Å²) in [6, 6.07) is 18.2. The van der Waals surface area contributed by atoms with Crippen LogP contribution in [0.2, 0.25) is 0 Å². The Labute approximate surface area is 164 Å². The molecule has 0 N–H and O–H groups in total. The standard InChI is InChI=1S/C19H17BrN4OS/c20-16-8-4-7-15(9-16)10-23-12-17(21-22-23)19-24(18(25)13-26-19)11-14-5-2-1-3-6-14/h1-9,12,19H,10-11,13H2. The molecular formula is C19H17BrN4OS. The van der Waals surface area contributed by atoms with Crippen molar-refractivity contribution in [2.45, 2.75) is 18.5 Å². The number of hydrogen-bond acceptors (Lipinski definition) is 4. The van der Waals surface area contributed by atoms with Gasteiger partial charge in [-0.15, -0.1) is 16.9 Å². The summed E-state index contributed by atoms with van der Waals surface area (Å²) in [4.78, 5) is 14.2. The molecule has 3 aromatic rings. The highest BCUT2D eigenvalue weighted by Gasteiger charge is 2.34. The largest absolute Gasteiger partial charge is 0.320 e. The first-order chi connectivity index (χ1) is 12.7. The first-order valence-electron chi connectivity index (χ1n) is 8.28. The first kappa shape index (κ1) is 17.3. The summed E-state index contributed by atoms with van der Waals surface area (Å²) in [5.41, 5.74) is 3.09. The van der Waals surface area contributed by atoms with Crippen LogP contribution in [0, 0.1) is 0 Å². The molecule has 1 fully saturated rings. The molecule has 0 aliphatic carbocycles. The van der Waals surface area contributed by atoms with E-state index in [4.69, 9.17) is 0 Å². The van der Waals surface area contributed by atoms with Crippen LogP contribution in [-0.4, -0.2) is 31.6 Å². The van der Waals surface area contributed by atoms with E-state index in [1.54, 1.807) is 11.8 Å². The quantitative estimate of drug-likeness (QED) is 0.618. The van der Waals surface area contributed by atoms with Gasteiger partial charge in [-0.1, -0.05) is 63.6 Å². The van der Waals surface area contributed by atoms with Crippen LogP contribution in [0.25, 0.3) is 0 Å². The van der Waals surface area contributed by atoms with Gasteiger partial charge in [0.2, 0.25) is 5.91 Å². The minimum atomic E-state index is -0.0843. The second-order valence-corrected chi connectivity index (χ2v) is 8.13. The number of hydrogen-bond donors (Lipinski definition) is 0. The van der Waals surface area contributed by atoms with Crippen molar-refractivity contribution in [1.82, 2.24) is 19.9 Å². The van der Waals surface area contributed by atoms with Crippen molar-refractivity contribution in [2.75, 3.05) is 5.75 Å². The minimum absolute atomic E-state index is 0.0843. The van der Waals surface area contributed by atoms with Gasteiger partial charge in [0, 0.05) is 11.0 Å². The second-order valence-electron chi connectivity index (χ2n) is 6.14. The van der Waals surface area contributed by atoms with Gasteiger partial charge in [-0.25, -0.2) is 4.68 Å². The lowest BCUT2D eigenvalue weighted by Crippen LogP contribution is -2.27. The predicted octanol–water partition coefficient (Wildman–Crippen LogP) is 3.86. The van der Waals surface area contributed by atoms with Crippen molar-refractivity contribution in [3.05, 3.63) is 82.1 Å². The Hall–Kier alpha value is -2.12. The molecule has 0 spiro atoms. The van der Waals surface area contributed by atoms with E-state index in [-0.39, 0.29) is 11.3 Å². The Balaban J connectivity index is 1.51. The fraction of sp³-hybridized carbons (Fsp3) is 0.211. The van der Waals surface area contributed by atoms with Crippen molar-refractivity contribution in [3.63, 3.8) is 0 Å². The summed E-state index contributed by atoms with van der Waals surface area (Å²) >= 11 is 5.09. The molecule has 1 saturated heterocycles. The van der Waals surface area contributed by atoms with Crippen LogP contribution < -0.4 is 0 Å². The minimum Gasteiger partial charge on any atom is -0.320 e. The van der Waals surface area contributed by atoms with E-state index in [9.17, 15) is 4.79 Å². The SMILES string of the molecule is O=C1CSC(c2cn(Cc3cccc(Br)c3)nn2)N1Cc1ccccc1. The average molecular weight is 429 g/mol. The van der Waals surface area contributed by atoms with Crippen LogP contribution in [0.15, 0.2) is 65.3 Å². The third-order valence-corrected chi connectivity index (χ3v) is 5.93. The van der Waals surface area contributed by atoms with Crippen molar-refractivity contribution >= 4 is 33.6 Å². The number of aromatic nitrogens is 3. The molecule has 26 heavy (non-hydrogen) atoms. The lowest BCUT2D eigenvalue weighted by Gasteiger charge is -2.22. The molecule has 1 atom stereocenters. The van der Waals surface area contributed by atoms with E-state index < -0.39 is 0 Å². The molecule has 7 heteroatoms. The van der Waals surface area contributed by atoms with E-state index in [2.05, 4.69) is 38.4 Å². The molecule has 0 bridgehead atoms. The monoisotopic (exact) mass is 428 g/mol. The molecule has 2 heterocycles. The third kappa shape index (κ3) is 3.83. The normalized spacial score (nSPS) is 17.0. The number of rotatable bonds is 5. The van der Waals surface area contributed by atoms with Gasteiger partial charge in [-0.3, -0.25) is 4.79 Å². The Morgan fingerprint density at radius 3 is 2.69 bits per heavy atom. The number of nitrogens with zero attached hydrogens (tertiary/aromatic N) is 4. The smallest absolute Gasteiger partial charge is 0.234 e. The topological polar surface area (TPSA) is 51.0 Å². The van der Waals surface area contributed by atoms with Crippen molar-refractivity contribution < 1.29 is 4.79 Å². The van der Waals surface area contributed by atoms with Crippen LogP contribution >= 0.6 is 27.7 Å². The van der Waals surface area contributed by atoms with Crippen molar-refractivity contribution in [1.29, 1.82) is 0 Å². The molecule has 1 unspecified atom stereocenters. The maximum Gasteiger partial charge on any atom is 0.234 e. The van der Waals surface area contributed by atoms with Crippen molar-refractivity contribution in [2.24, 2.45) is 0 Å². The maximum absolute atomic E-state index is 12.3. The summed E-state index contributed by atoms with van der Waals surface area (Å²) in [5.74, 6) is 0.626. The summed E-state index contributed by atoms with van der Waals surface area (Å²) < 4.78 is 2.86. The van der Waals surface area contributed by atoms with Gasteiger partial charge in [0.1, 0.15) is 11.1 Å². The molecule has 132 valence electrons. The highest BCUT2D eigenvalue weighted by molar-refractivity contribution is 9.10. The van der Waals surface area contributed by atoms with Gasteiger partial charge in [0.05, 0.1) is 18.5 Å². The molecule has 1 aliphatic heterocycles. The van der Waals surface area contributed by atoms with E-state index in [0.717, 1.165) is 21.3 Å². The maximum atomic E-state index is 12.3. The number of thioether (sulfide) groups is 1. The molecule has 1 amide bonds. The molecule has 1 aliphatic rings. The second kappa shape index (κ2) is 7.63. The summed E-state index contributed by atoms with van der Waals surface area (Å²) in [6.07, 6.45) is 1.94. The molecule has 0 radical (unpaired) electrons. The highest BCUT2D eigenvalue weighted by atomic mass is 79.9. The van der Waals surface area contributed by atoms with Gasteiger partial charge in [-0.05, 0) is 23.3 Å². The van der Waals surface area contributed by atoms with Gasteiger partial charge in [0.25, 0.3) is 0 Å². The summed E-state index contributed by atoms with van der Waals surface area (Å²) in [7, 11) is 0. The van der Waals surface area contributed by atoms with E-state index in [0.29, 0.717) is 18.8 Å². The molecule has 4 rings (SSSR count). The molecule has 0 saturated carbocycles. The zero-order valence-corrected chi connectivity index (χ0v) is 16.4. The fourth-order valence-electron chi connectivity index (χ4n) is 2.98. The van der Waals surface area contributed by atoms with E-state index in [1.165, 1.54) is 0 Å². The van der Waals surface area contributed by atoms with Crippen LogP contribution in [0.1, 0.15) is 22.2 Å². The Bertz CT molecular complexity index is 915. The number of carbonyl (C=O) groups is 1.